The lowest BCUT2D eigenvalue weighted by atomic mass is 10.2. The maximum absolute atomic E-state index is 12.9. The number of piperazine rings is 1. The molecule has 1 aliphatic rings. The Balaban J connectivity index is 1.11. The van der Waals surface area contributed by atoms with Crippen LogP contribution in [0.1, 0.15) is 16.1 Å². The molecule has 0 radical (unpaired) electrons. The summed E-state index contributed by atoms with van der Waals surface area (Å²) in [4.78, 5) is 29.2. The van der Waals surface area contributed by atoms with Gasteiger partial charge >= 0.3 is 0 Å². The highest BCUT2D eigenvalue weighted by Crippen LogP contribution is 2.24. The third-order valence-electron chi connectivity index (χ3n) is 6.22. The number of nitrogens with zero attached hydrogens (tertiary/aromatic N) is 2. The molecular weight excluding hydrogens is 478 g/mol. The highest BCUT2D eigenvalue weighted by molar-refractivity contribution is 6.31. The highest BCUT2D eigenvalue weighted by Gasteiger charge is 2.24. The summed E-state index contributed by atoms with van der Waals surface area (Å²) in [5.41, 5.74) is 3.35. The maximum Gasteiger partial charge on any atom is 0.289 e. The van der Waals surface area contributed by atoms with Gasteiger partial charge < -0.3 is 24.3 Å². The molecule has 0 bridgehead atoms. The largest absolute Gasteiger partial charge is 0.484 e. The minimum absolute atomic E-state index is 0.0834. The normalized spacial score (nSPS) is 13.6. The lowest BCUT2D eigenvalue weighted by molar-refractivity contribution is -0.118. The molecule has 5 rings (SSSR count). The highest BCUT2D eigenvalue weighted by atomic mass is 35.5. The standard InChI is InChI=1S/C28H26ClN3O4/c1-19-16-23(10-11-24(19)29)35-18-27(33)30-21-6-8-22(9-7-21)31-12-14-32(15-13-31)28(34)26-17-20-4-2-3-5-25(20)36-26/h2-11,16-17H,12-15,18H2,1H3,(H,30,33). The number of aryl methyl sites for hydroxylation is 1. The minimum atomic E-state index is -0.243. The number of para-hydroxylation sites is 1. The van der Waals surface area contributed by atoms with E-state index >= 15 is 0 Å². The molecular formula is C28H26ClN3O4. The zero-order valence-electron chi connectivity index (χ0n) is 19.9. The van der Waals surface area contributed by atoms with E-state index in [-0.39, 0.29) is 18.4 Å². The molecule has 2 heterocycles. The van der Waals surface area contributed by atoms with Gasteiger partial charge in [0.2, 0.25) is 0 Å². The molecule has 0 unspecified atom stereocenters. The van der Waals surface area contributed by atoms with E-state index in [9.17, 15) is 9.59 Å². The van der Waals surface area contributed by atoms with Crippen LogP contribution in [0.2, 0.25) is 5.02 Å². The zero-order valence-corrected chi connectivity index (χ0v) is 20.6. The SMILES string of the molecule is Cc1cc(OCC(=O)Nc2ccc(N3CCN(C(=O)c4cc5ccccc5o4)CC3)cc2)ccc1Cl. The fourth-order valence-corrected chi connectivity index (χ4v) is 4.34. The van der Waals surface area contributed by atoms with Crippen LogP contribution in [0.5, 0.6) is 5.75 Å². The first-order valence-corrected chi connectivity index (χ1v) is 12.2. The number of ether oxygens (including phenoxy) is 1. The minimum Gasteiger partial charge on any atom is -0.484 e. The van der Waals surface area contributed by atoms with Crippen LogP contribution in [0.4, 0.5) is 11.4 Å². The molecule has 0 aliphatic carbocycles. The lowest BCUT2D eigenvalue weighted by Gasteiger charge is -2.35. The monoisotopic (exact) mass is 503 g/mol. The maximum atomic E-state index is 12.9. The number of rotatable bonds is 6. The van der Waals surface area contributed by atoms with Crippen molar-refractivity contribution in [2.24, 2.45) is 0 Å². The average Bonchev–Trinajstić information content (AvgIpc) is 3.34. The third kappa shape index (κ3) is 5.31. The summed E-state index contributed by atoms with van der Waals surface area (Å²) in [5, 5.41) is 4.44. The molecule has 3 aromatic carbocycles. The fraction of sp³-hybridized carbons (Fsp3) is 0.214. The molecule has 4 aromatic rings. The first-order chi connectivity index (χ1) is 17.5. The molecule has 1 aromatic heterocycles. The Hall–Kier alpha value is -3.97. The van der Waals surface area contributed by atoms with Crippen LogP contribution >= 0.6 is 11.6 Å². The average molecular weight is 504 g/mol. The Kier molecular flexibility index (Phi) is 6.82. The summed E-state index contributed by atoms with van der Waals surface area (Å²) in [6, 6.07) is 22.4. The van der Waals surface area contributed by atoms with Gasteiger partial charge in [0, 0.05) is 48.0 Å². The topological polar surface area (TPSA) is 75.0 Å². The van der Waals surface area contributed by atoms with Crippen LogP contribution in [0.25, 0.3) is 11.0 Å². The van der Waals surface area contributed by atoms with Crippen molar-refractivity contribution in [2.45, 2.75) is 6.92 Å². The summed E-state index contributed by atoms with van der Waals surface area (Å²) < 4.78 is 11.3. The number of hydrogen-bond acceptors (Lipinski definition) is 5. The van der Waals surface area contributed by atoms with Gasteiger partial charge in [0.05, 0.1) is 0 Å². The first kappa shape index (κ1) is 23.8. The Bertz CT molecular complexity index is 1360. The number of carbonyl (C=O) groups is 2. The van der Waals surface area contributed by atoms with Crippen LogP contribution in [-0.4, -0.2) is 49.5 Å². The van der Waals surface area contributed by atoms with E-state index in [0.717, 1.165) is 22.2 Å². The Morgan fingerprint density at radius 3 is 2.44 bits per heavy atom. The van der Waals surface area contributed by atoms with Crippen LogP contribution in [0.15, 0.2) is 77.2 Å². The molecule has 1 aliphatic heterocycles. The molecule has 36 heavy (non-hydrogen) atoms. The van der Waals surface area contributed by atoms with Crippen LogP contribution in [0.3, 0.4) is 0 Å². The van der Waals surface area contributed by atoms with Gasteiger partial charge in [-0.2, -0.15) is 0 Å². The molecule has 0 atom stereocenters. The summed E-state index contributed by atoms with van der Waals surface area (Å²) in [6.07, 6.45) is 0. The summed E-state index contributed by atoms with van der Waals surface area (Å²) in [5.74, 6) is 0.647. The number of amides is 2. The van der Waals surface area contributed by atoms with E-state index in [1.54, 1.807) is 24.3 Å². The first-order valence-electron chi connectivity index (χ1n) is 11.8. The van der Waals surface area contributed by atoms with Gasteiger partial charge in [-0.1, -0.05) is 29.8 Å². The number of anilines is 2. The van der Waals surface area contributed by atoms with Crippen LogP contribution in [-0.2, 0) is 4.79 Å². The van der Waals surface area contributed by atoms with Gasteiger partial charge in [0.1, 0.15) is 11.3 Å². The number of benzene rings is 3. The van der Waals surface area contributed by atoms with Crippen molar-refractivity contribution >= 4 is 45.8 Å². The Labute approximate surface area is 214 Å². The third-order valence-corrected chi connectivity index (χ3v) is 6.64. The van der Waals surface area contributed by atoms with Crippen molar-refractivity contribution in [3.63, 3.8) is 0 Å². The number of hydrogen-bond donors (Lipinski definition) is 1. The summed E-state index contributed by atoms with van der Waals surface area (Å²) in [6.45, 7) is 4.43. The molecule has 2 amide bonds. The molecule has 1 N–H and O–H groups in total. The predicted molar refractivity (Wildman–Crippen MR) is 141 cm³/mol. The molecule has 184 valence electrons. The van der Waals surface area contributed by atoms with Crippen molar-refractivity contribution < 1.29 is 18.7 Å². The molecule has 1 fully saturated rings. The van der Waals surface area contributed by atoms with Crippen molar-refractivity contribution in [3.8, 4) is 5.75 Å². The second kappa shape index (κ2) is 10.3. The van der Waals surface area contributed by atoms with Gasteiger partial charge in [-0.25, -0.2) is 0 Å². The molecule has 0 spiro atoms. The lowest BCUT2D eigenvalue weighted by Crippen LogP contribution is -2.48. The van der Waals surface area contributed by atoms with E-state index in [0.29, 0.717) is 48.4 Å². The summed E-state index contributed by atoms with van der Waals surface area (Å²) >= 11 is 6.02. The summed E-state index contributed by atoms with van der Waals surface area (Å²) in [7, 11) is 0. The number of furan rings is 1. The van der Waals surface area contributed by atoms with Crippen LogP contribution < -0.4 is 15.0 Å². The van der Waals surface area contributed by atoms with E-state index < -0.39 is 0 Å². The zero-order chi connectivity index (χ0) is 25.1. The number of halogens is 1. The van der Waals surface area contributed by atoms with Crippen molar-refractivity contribution in [1.82, 2.24) is 4.90 Å². The molecule has 0 saturated carbocycles. The van der Waals surface area contributed by atoms with Crippen molar-refractivity contribution in [1.29, 1.82) is 0 Å². The Morgan fingerprint density at radius 2 is 1.72 bits per heavy atom. The van der Waals surface area contributed by atoms with Crippen molar-refractivity contribution in [2.75, 3.05) is 43.0 Å². The second-order valence-corrected chi connectivity index (χ2v) is 9.13. The van der Waals surface area contributed by atoms with Crippen LogP contribution in [0, 0.1) is 6.92 Å². The smallest absolute Gasteiger partial charge is 0.289 e. The predicted octanol–water partition coefficient (Wildman–Crippen LogP) is 5.37. The van der Waals surface area contributed by atoms with Gasteiger partial charge in [-0.15, -0.1) is 0 Å². The molecule has 7 nitrogen and oxygen atoms in total. The van der Waals surface area contributed by atoms with E-state index in [1.165, 1.54) is 0 Å². The van der Waals surface area contributed by atoms with Gasteiger partial charge in [-0.05, 0) is 67.1 Å². The quantitative estimate of drug-likeness (QED) is 0.382. The van der Waals surface area contributed by atoms with E-state index in [4.69, 9.17) is 20.8 Å². The van der Waals surface area contributed by atoms with E-state index in [1.807, 2.05) is 60.4 Å². The second-order valence-electron chi connectivity index (χ2n) is 8.72. The Morgan fingerprint density at radius 1 is 0.972 bits per heavy atom. The van der Waals surface area contributed by atoms with Gasteiger partial charge in [0.25, 0.3) is 11.8 Å². The van der Waals surface area contributed by atoms with E-state index in [2.05, 4.69) is 10.2 Å². The molecule has 8 heteroatoms. The number of carbonyl (C=O) groups excluding carboxylic acids is 2. The fourth-order valence-electron chi connectivity index (χ4n) is 4.22. The number of fused-ring (bicyclic) bond motifs is 1. The van der Waals surface area contributed by atoms with Gasteiger partial charge in [-0.3, -0.25) is 9.59 Å². The van der Waals surface area contributed by atoms with Gasteiger partial charge in [0.15, 0.2) is 12.4 Å². The molecule has 1 saturated heterocycles. The van der Waals surface area contributed by atoms with Crippen molar-refractivity contribution in [3.05, 3.63) is 89.1 Å². The number of nitrogens with one attached hydrogen (secondary N) is 1.